The summed E-state index contributed by atoms with van der Waals surface area (Å²) in [6.07, 6.45) is 2.90. The number of carboxylic acid groups (broad SMARTS) is 1. The van der Waals surface area contributed by atoms with Crippen LogP contribution >= 0.6 is 11.8 Å². The molecule has 5 nitrogen and oxygen atoms in total. The van der Waals surface area contributed by atoms with Gasteiger partial charge in [-0.05, 0) is 12.7 Å². The highest BCUT2D eigenvalue weighted by atomic mass is 32.2. The predicted octanol–water partition coefficient (Wildman–Crippen LogP) is 1.08. The SMILES string of the molecule is COCC1(C(=O)O)CCN(C(=O)CC(C)SC)C1. The molecule has 1 aliphatic rings. The molecule has 1 amide bonds. The van der Waals surface area contributed by atoms with Gasteiger partial charge in [0, 0.05) is 31.9 Å². The Bertz CT molecular complexity index is 323. The molecule has 2 atom stereocenters. The summed E-state index contributed by atoms with van der Waals surface area (Å²) < 4.78 is 5.00. The summed E-state index contributed by atoms with van der Waals surface area (Å²) >= 11 is 1.64. The van der Waals surface area contributed by atoms with Crippen molar-refractivity contribution >= 4 is 23.6 Å². The lowest BCUT2D eigenvalue weighted by atomic mass is 9.88. The molecular weight excluding hydrogens is 254 g/mol. The van der Waals surface area contributed by atoms with E-state index in [1.165, 1.54) is 7.11 Å². The fraction of sp³-hybridized carbons (Fsp3) is 0.833. The van der Waals surface area contributed by atoms with Crippen molar-refractivity contribution in [2.75, 3.05) is 33.1 Å². The van der Waals surface area contributed by atoms with Gasteiger partial charge in [-0.25, -0.2) is 0 Å². The summed E-state index contributed by atoms with van der Waals surface area (Å²) in [6, 6.07) is 0. The normalized spacial score (nSPS) is 25.2. The molecule has 1 aliphatic heterocycles. The Balaban J connectivity index is 2.63. The third kappa shape index (κ3) is 3.38. The lowest BCUT2D eigenvalue weighted by molar-refractivity contribution is -0.151. The summed E-state index contributed by atoms with van der Waals surface area (Å²) in [7, 11) is 1.49. The van der Waals surface area contributed by atoms with Crippen LogP contribution in [0.4, 0.5) is 0 Å². The maximum atomic E-state index is 12.0. The minimum atomic E-state index is -0.924. The van der Waals surface area contributed by atoms with E-state index in [-0.39, 0.29) is 24.3 Å². The van der Waals surface area contributed by atoms with Crippen LogP contribution < -0.4 is 0 Å². The first-order valence-electron chi connectivity index (χ1n) is 5.98. The third-order valence-electron chi connectivity index (χ3n) is 3.45. The van der Waals surface area contributed by atoms with Crippen molar-refractivity contribution in [2.45, 2.75) is 25.0 Å². The maximum Gasteiger partial charge on any atom is 0.313 e. The summed E-state index contributed by atoms with van der Waals surface area (Å²) in [5.41, 5.74) is -0.924. The van der Waals surface area contributed by atoms with Crippen LogP contribution in [0.1, 0.15) is 19.8 Å². The van der Waals surface area contributed by atoms with Gasteiger partial charge in [0.1, 0.15) is 5.41 Å². The molecule has 1 N–H and O–H groups in total. The molecule has 1 rings (SSSR count). The van der Waals surface area contributed by atoms with Gasteiger partial charge in [0.2, 0.25) is 5.91 Å². The average molecular weight is 275 g/mol. The zero-order valence-electron chi connectivity index (χ0n) is 11.1. The Labute approximate surface area is 112 Å². The molecule has 0 aromatic rings. The fourth-order valence-electron chi connectivity index (χ4n) is 2.17. The number of ether oxygens (including phenoxy) is 1. The fourth-order valence-corrected chi connectivity index (χ4v) is 2.48. The summed E-state index contributed by atoms with van der Waals surface area (Å²) in [5, 5.41) is 9.56. The molecule has 1 saturated heterocycles. The Hall–Kier alpha value is -0.750. The third-order valence-corrected chi connectivity index (χ3v) is 4.42. The number of carboxylic acids is 1. The second kappa shape index (κ2) is 6.43. The standard InChI is InChI=1S/C12H21NO4S/c1-9(18-3)6-10(14)13-5-4-12(7-13,8-17-2)11(15)16/h9H,4-8H2,1-3H3,(H,15,16). The molecule has 0 aromatic carbocycles. The second-order valence-electron chi connectivity index (χ2n) is 4.83. The van der Waals surface area contributed by atoms with Crippen molar-refractivity contribution in [1.29, 1.82) is 0 Å². The van der Waals surface area contributed by atoms with Crippen molar-refractivity contribution in [3.63, 3.8) is 0 Å². The number of carbonyl (C=O) groups excluding carboxylic acids is 1. The number of hydrogen-bond donors (Lipinski definition) is 1. The average Bonchev–Trinajstić information content (AvgIpc) is 2.75. The highest BCUT2D eigenvalue weighted by Crippen LogP contribution is 2.32. The summed E-state index contributed by atoms with van der Waals surface area (Å²) in [5.74, 6) is -0.839. The second-order valence-corrected chi connectivity index (χ2v) is 6.11. The maximum absolute atomic E-state index is 12.0. The van der Waals surface area contributed by atoms with Gasteiger partial charge in [-0.15, -0.1) is 0 Å². The molecule has 0 aliphatic carbocycles. The van der Waals surface area contributed by atoms with E-state index >= 15 is 0 Å². The van der Waals surface area contributed by atoms with Gasteiger partial charge in [0.15, 0.2) is 0 Å². The van der Waals surface area contributed by atoms with Crippen LogP contribution in [0.2, 0.25) is 0 Å². The first-order chi connectivity index (χ1) is 8.45. The number of likely N-dealkylation sites (tertiary alicyclic amines) is 1. The van der Waals surface area contributed by atoms with Gasteiger partial charge in [-0.2, -0.15) is 11.8 Å². The van der Waals surface area contributed by atoms with E-state index in [0.29, 0.717) is 19.4 Å². The lowest BCUT2D eigenvalue weighted by Crippen LogP contribution is -2.40. The molecule has 0 bridgehead atoms. The molecular formula is C12H21NO4S. The Kier molecular flexibility index (Phi) is 5.47. The molecule has 104 valence electrons. The van der Waals surface area contributed by atoms with Crippen LogP contribution in [0.5, 0.6) is 0 Å². The van der Waals surface area contributed by atoms with Crippen LogP contribution in [-0.4, -0.2) is 60.2 Å². The minimum absolute atomic E-state index is 0.0380. The molecule has 0 aromatic heterocycles. The minimum Gasteiger partial charge on any atom is -0.481 e. The number of nitrogens with zero attached hydrogens (tertiary/aromatic N) is 1. The number of amides is 1. The van der Waals surface area contributed by atoms with Crippen molar-refractivity contribution in [2.24, 2.45) is 5.41 Å². The van der Waals surface area contributed by atoms with Crippen molar-refractivity contribution in [1.82, 2.24) is 4.90 Å². The molecule has 6 heteroatoms. The van der Waals surface area contributed by atoms with Crippen molar-refractivity contribution in [3.8, 4) is 0 Å². The van der Waals surface area contributed by atoms with Crippen LogP contribution in [0.25, 0.3) is 0 Å². The van der Waals surface area contributed by atoms with Crippen LogP contribution in [0.15, 0.2) is 0 Å². The number of aliphatic carboxylic acids is 1. The number of methoxy groups -OCH3 is 1. The zero-order chi connectivity index (χ0) is 13.8. The summed E-state index contributed by atoms with van der Waals surface area (Å²) in [4.78, 5) is 25.0. The van der Waals surface area contributed by atoms with Crippen molar-refractivity contribution in [3.05, 3.63) is 0 Å². The molecule has 18 heavy (non-hydrogen) atoms. The Morgan fingerprint density at radius 1 is 1.56 bits per heavy atom. The summed E-state index contributed by atoms with van der Waals surface area (Å²) in [6.45, 7) is 2.92. The smallest absolute Gasteiger partial charge is 0.313 e. The molecule has 1 heterocycles. The number of carbonyl (C=O) groups is 2. The molecule has 0 spiro atoms. The highest BCUT2D eigenvalue weighted by Gasteiger charge is 2.46. The van der Waals surface area contributed by atoms with Crippen molar-refractivity contribution < 1.29 is 19.4 Å². The van der Waals surface area contributed by atoms with E-state index in [2.05, 4.69) is 0 Å². The first kappa shape index (κ1) is 15.3. The van der Waals surface area contributed by atoms with E-state index in [0.717, 1.165) is 0 Å². The Morgan fingerprint density at radius 2 is 2.22 bits per heavy atom. The van der Waals surface area contributed by atoms with Gasteiger partial charge >= 0.3 is 5.97 Å². The molecule has 0 radical (unpaired) electrons. The lowest BCUT2D eigenvalue weighted by Gasteiger charge is -2.24. The Morgan fingerprint density at radius 3 is 2.72 bits per heavy atom. The van der Waals surface area contributed by atoms with Gasteiger partial charge in [0.25, 0.3) is 0 Å². The van der Waals surface area contributed by atoms with Gasteiger partial charge in [0.05, 0.1) is 6.61 Å². The van der Waals surface area contributed by atoms with Crippen LogP contribution in [0.3, 0.4) is 0 Å². The number of rotatable bonds is 6. The number of hydrogen-bond acceptors (Lipinski definition) is 4. The molecule has 2 unspecified atom stereocenters. The molecule has 0 saturated carbocycles. The van der Waals surface area contributed by atoms with E-state index in [9.17, 15) is 14.7 Å². The monoisotopic (exact) mass is 275 g/mol. The van der Waals surface area contributed by atoms with Gasteiger partial charge in [-0.3, -0.25) is 9.59 Å². The molecule has 1 fully saturated rings. The largest absolute Gasteiger partial charge is 0.481 e. The number of thioether (sulfide) groups is 1. The topological polar surface area (TPSA) is 66.8 Å². The van der Waals surface area contributed by atoms with Gasteiger partial charge in [-0.1, -0.05) is 6.92 Å². The van der Waals surface area contributed by atoms with E-state index in [4.69, 9.17) is 4.74 Å². The van der Waals surface area contributed by atoms with E-state index in [1.807, 2.05) is 13.2 Å². The van der Waals surface area contributed by atoms with E-state index in [1.54, 1.807) is 16.7 Å². The first-order valence-corrected chi connectivity index (χ1v) is 7.27. The van der Waals surface area contributed by atoms with Crippen LogP contribution in [-0.2, 0) is 14.3 Å². The van der Waals surface area contributed by atoms with Gasteiger partial charge < -0.3 is 14.7 Å². The predicted molar refractivity (Wildman–Crippen MR) is 70.7 cm³/mol. The van der Waals surface area contributed by atoms with Crippen LogP contribution in [0, 0.1) is 5.41 Å². The highest BCUT2D eigenvalue weighted by molar-refractivity contribution is 7.99. The quantitative estimate of drug-likeness (QED) is 0.785. The zero-order valence-corrected chi connectivity index (χ0v) is 12.0. The van der Waals surface area contributed by atoms with E-state index < -0.39 is 11.4 Å².